The van der Waals surface area contributed by atoms with Gasteiger partial charge in [0.1, 0.15) is 17.4 Å². The fourth-order valence-electron chi connectivity index (χ4n) is 4.16. The van der Waals surface area contributed by atoms with Crippen LogP contribution in [0.4, 0.5) is 0 Å². The zero-order valence-electron chi connectivity index (χ0n) is 17.9. The normalized spacial score (nSPS) is 20.7. The van der Waals surface area contributed by atoms with E-state index in [2.05, 4.69) is 18.7 Å². The first-order chi connectivity index (χ1) is 14.2. The molecule has 1 amide bonds. The number of fused-ring (bicyclic) bond motifs is 1. The third-order valence-electron chi connectivity index (χ3n) is 6.16. The molecule has 2 fully saturated rings. The fraction of sp³-hybridized carbons (Fsp3) is 0.591. The van der Waals surface area contributed by atoms with Crippen molar-refractivity contribution >= 4 is 26.7 Å². The number of ether oxygens (including phenoxy) is 1. The quantitative estimate of drug-likeness (QED) is 0.736. The number of benzene rings is 1. The summed E-state index contributed by atoms with van der Waals surface area (Å²) in [5.41, 5.74) is 1.62. The molecule has 7 nitrogen and oxygen atoms in total. The maximum absolute atomic E-state index is 12.8. The van der Waals surface area contributed by atoms with Crippen LogP contribution in [-0.4, -0.2) is 74.0 Å². The van der Waals surface area contributed by atoms with Gasteiger partial charge in [0, 0.05) is 37.6 Å². The standard InChI is InChI=1S/C22H30N2O5S/c1-15(2)23-6-4-18(5-7-23)28-19-13-17-14-21(29-20(17)12-16(19)3)22(25)24-8-10-30(26,27)11-9-24/h12-15,18H,4-11H2,1-3H3. The number of furan rings is 1. The average molecular weight is 435 g/mol. The Morgan fingerprint density at radius 3 is 2.40 bits per heavy atom. The molecule has 0 unspecified atom stereocenters. The summed E-state index contributed by atoms with van der Waals surface area (Å²) in [6.45, 7) is 8.93. The number of nitrogens with zero attached hydrogens (tertiary/aromatic N) is 2. The molecular weight excluding hydrogens is 404 g/mol. The maximum atomic E-state index is 12.8. The Bertz CT molecular complexity index is 1020. The molecule has 0 N–H and O–H groups in total. The molecular formula is C22H30N2O5S. The molecule has 1 aromatic heterocycles. The van der Waals surface area contributed by atoms with E-state index < -0.39 is 9.84 Å². The Hall–Kier alpha value is -2.06. The van der Waals surface area contributed by atoms with E-state index in [4.69, 9.17) is 9.15 Å². The van der Waals surface area contributed by atoms with E-state index in [1.807, 2.05) is 19.1 Å². The molecule has 2 aromatic rings. The van der Waals surface area contributed by atoms with Crippen molar-refractivity contribution in [3.05, 3.63) is 29.5 Å². The van der Waals surface area contributed by atoms with E-state index in [1.165, 1.54) is 0 Å². The smallest absolute Gasteiger partial charge is 0.289 e. The lowest BCUT2D eigenvalue weighted by atomic mass is 10.1. The molecule has 2 saturated heterocycles. The predicted molar refractivity (Wildman–Crippen MR) is 116 cm³/mol. The van der Waals surface area contributed by atoms with Crippen LogP contribution in [0.2, 0.25) is 0 Å². The molecule has 0 spiro atoms. The molecule has 0 radical (unpaired) electrons. The highest BCUT2D eigenvalue weighted by Gasteiger charge is 2.28. The highest BCUT2D eigenvalue weighted by atomic mass is 32.2. The van der Waals surface area contributed by atoms with Gasteiger partial charge in [-0.3, -0.25) is 4.79 Å². The lowest BCUT2D eigenvalue weighted by Gasteiger charge is -2.34. The number of sulfone groups is 1. The van der Waals surface area contributed by atoms with Gasteiger partial charge >= 0.3 is 0 Å². The van der Waals surface area contributed by atoms with Crippen molar-refractivity contribution in [1.82, 2.24) is 9.80 Å². The van der Waals surface area contributed by atoms with Crippen LogP contribution in [0.5, 0.6) is 5.75 Å². The molecule has 4 rings (SSSR count). The van der Waals surface area contributed by atoms with Gasteiger partial charge in [0.05, 0.1) is 11.5 Å². The van der Waals surface area contributed by atoms with Gasteiger partial charge in [0.15, 0.2) is 15.6 Å². The Morgan fingerprint density at radius 1 is 1.10 bits per heavy atom. The first kappa shape index (κ1) is 21.2. The van der Waals surface area contributed by atoms with Crippen molar-refractivity contribution < 1.29 is 22.4 Å². The average Bonchev–Trinajstić information content (AvgIpc) is 3.11. The number of rotatable bonds is 4. The molecule has 0 saturated carbocycles. The summed E-state index contributed by atoms with van der Waals surface area (Å²) in [6.07, 6.45) is 2.20. The van der Waals surface area contributed by atoms with Crippen LogP contribution in [0.3, 0.4) is 0 Å². The fourth-order valence-corrected chi connectivity index (χ4v) is 5.36. The minimum Gasteiger partial charge on any atom is -0.490 e. The van der Waals surface area contributed by atoms with Crippen molar-refractivity contribution in [2.24, 2.45) is 0 Å². The van der Waals surface area contributed by atoms with Gasteiger partial charge in [0.25, 0.3) is 5.91 Å². The Balaban J connectivity index is 1.47. The second-order valence-corrected chi connectivity index (χ2v) is 11.0. The third kappa shape index (κ3) is 4.49. The molecule has 0 bridgehead atoms. The summed E-state index contributed by atoms with van der Waals surface area (Å²) in [5.74, 6) is 0.819. The number of hydrogen-bond donors (Lipinski definition) is 0. The lowest BCUT2D eigenvalue weighted by Crippen LogP contribution is -2.43. The van der Waals surface area contributed by atoms with Crippen LogP contribution in [0.25, 0.3) is 11.0 Å². The van der Waals surface area contributed by atoms with Crippen LogP contribution in [0.1, 0.15) is 42.8 Å². The van der Waals surface area contributed by atoms with Gasteiger partial charge in [-0.2, -0.15) is 0 Å². The molecule has 164 valence electrons. The zero-order chi connectivity index (χ0) is 21.5. The van der Waals surface area contributed by atoms with Gasteiger partial charge in [-0.05, 0) is 57.4 Å². The molecule has 30 heavy (non-hydrogen) atoms. The molecule has 2 aliphatic heterocycles. The zero-order valence-corrected chi connectivity index (χ0v) is 18.7. The molecule has 0 aliphatic carbocycles. The molecule has 0 atom stereocenters. The van der Waals surface area contributed by atoms with Crippen molar-refractivity contribution in [1.29, 1.82) is 0 Å². The number of likely N-dealkylation sites (tertiary alicyclic amines) is 1. The van der Waals surface area contributed by atoms with Crippen molar-refractivity contribution in [3.8, 4) is 5.75 Å². The number of aryl methyl sites for hydroxylation is 1. The van der Waals surface area contributed by atoms with Gasteiger partial charge in [-0.15, -0.1) is 0 Å². The predicted octanol–water partition coefficient (Wildman–Crippen LogP) is 2.86. The van der Waals surface area contributed by atoms with Crippen LogP contribution >= 0.6 is 0 Å². The van der Waals surface area contributed by atoms with Crippen LogP contribution in [0.15, 0.2) is 22.6 Å². The molecule has 3 heterocycles. The topological polar surface area (TPSA) is 80.1 Å². The SMILES string of the molecule is Cc1cc2oc(C(=O)N3CCS(=O)(=O)CC3)cc2cc1OC1CCN(C(C)C)CC1. The number of piperidine rings is 1. The molecule has 1 aromatic carbocycles. The van der Waals surface area contributed by atoms with Crippen molar-refractivity contribution in [2.75, 3.05) is 37.7 Å². The highest BCUT2D eigenvalue weighted by molar-refractivity contribution is 7.91. The number of hydrogen-bond acceptors (Lipinski definition) is 6. The second kappa shape index (κ2) is 8.23. The van der Waals surface area contributed by atoms with E-state index in [0.717, 1.165) is 42.6 Å². The number of amides is 1. The minimum absolute atomic E-state index is 0.00565. The van der Waals surface area contributed by atoms with Crippen LogP contribution < -0.4 is 4.74 Å². The van der Waals surface area contributed by atoms with E-state index in [1.54, 1.807) is 11.0 Å². The van der Waals surface area contributed by atoms with E-state index in [0.29, 0.717) is 11.6 Å². The van der Waals surface area contributed by atoms with Crippen molar-refractivity contribution in [3.63, 3.8) is 0 Å². The largest absolute Gasteiger partial charge is 0.490 e. The van der Waals surface area contributed by atoms with Crippen LogP contribution in [0, 0.1) is 6.92 Å². The number of carbonyl (C=O) groups excluding carboxylic acids is 1. The summed E-state index contributed by atoms with van der Waals surface area (Å²) in [7, 11) is -3.03. The van der Waals surface area contributed by atoms with E-state index in [9.17, 15) is 13.2 Å². The van der Waals surface area contributed by atoms with Crippen molar-refractivity contribution in [2.45, 2.75) is 45.8 Å². The Morgan fingerprint density at radius 2 is 1.77 bits per heavy atom. The monoisotopic (exact) mass is 434 g/mol. The first-order valence-electron chi connectivity index (χ1n) is 10.7. The van der Waals surface area contributed by atoms with E-state index >= 15 is 0 Å². The minimum atomic E-state index is -3.03. The number of carbonyl (C=O) groups is 1. The Kier molecular flexibility index (Phi) is 5.81. The maximum Gasteiger partial charge on any atom is 0.289 e. The highest BCUT2D eigenvalue weighted by Crippen LogP contribution is 2.31. The van der Waals surface area contributed by atoms with E-state index in [-0.39, 0.29) is 42.4 Å². The molecule has 8 heteroatoms. The van der Waals surface area contributed by atoms with Gasteiger partial charge < -0.3 is 19.0 Å². The lowest BCUT2D eigenvalue weighted by molar-refractivity contribution is 0.0740. The van der Waals surface area contributed by atoms with Gasteiger partial charge in [-0.1, -0.05) is 0 Å². The summed E-state index contributed by atoms with van der Waals surface area (Å²) in [6, 6.07) is 6.14. The Labute approximate surface area is 177 Å². The second-order valence-electron chi connectivity index (χ2n) is 8.66. The summed E-state index contributed by atoms with van der Waals surface area (Å²) in [5, 5.41) is 0.822. The summed E-state index contributed by atoms with van der Waals surface area (Å²) >= 11 is 0. The van der Waals surface area contributed by atoms with Gasteiger partial charge in [-0.25, -0.2) is 8.42 Å². The molecule has 2 aliphatic rings. The van der Waals surface area contributed by atoms with Crippen LogP contribution in [-0.2, 0) is 9.84 Å². The first-order valence-corrected chi connectivity index (χ1v) is 12.5. The van der Waals surface area contributed by atoms with Gasteiger partial charge in [0.2, 0.25) is 0 Å². The summed E-state index contributed by atoms with van der Waals surface area (Å²) < 4.78 is 35.3. The summed E-state index contributed by atoms with van der Waals surface area (Å²) in [4.78, 5) is 16.8. The third-order valence-corrected chi connectivity index (χ3v) is 7.77.